The van der Waals surface area contributed by atoms with Crippen molar-refractivity contribution in [3.05, 3.63) is 35.4 Å². The molecule has 1 aromatic carbocycles. The Morgan fingerprint density at radius 3 is 2.30 bits per heavy atom. The van der Waals surface area contributed by atoms with Gasteiger partial charge in [-0.25, -0.2) is 0 Å². The zero-order chi connectivity index (χ0) is 13.8. The van der Waals surface area contributed by atoms with Gasteiger partial charge >= 0.3 is 0 Å². The first-order chi connectivity index (χ1) is 9.84. The molecule has 0 amide bonds. The largest absolute Gasteiger partial charge is 0.314 e. The third kappa shape index (κ3) is 3.24. The van der Waals surface area contributed by atoms with Gasteiger partial charge in [-0.05, 0) is 31.2 Å². The predicted octanol–water partition coefficient (Wildman–Crippen LogP) is 3.52. The van der Waals surface area contributed by atoms with E-state index in [0.29, 0.717) is 6.04 Å². The zero-order valence-electron chi connectivity index (χ0n) is 12.8. The second-order valence-electron chi connectivity index (χ2n) is 6.54. The first-order valence-electron chi connectivity index (χ1n) is 8.36. The second kappa shape index (κ2) is 6.73. The van der Waals surface area contributed by atoms with Gasteiger partial charge in [0.15, 0.2) is 0 Å². The molecule has 110 valence electrons. The third-order valence-corrected chi connectivity index (χ3v) is 5.06. The van der Waals surface area contributed by atoms with E-state index >= 15 is 0 Å². The van der Waals surface area contributed by atoms with Gasteiger partial charge < -0.3 is 5.32 Å². The maximum absolute atomic E-state index is 3.49. The van der Waals surface area contributed by atoms with Crippen molar-refractivity contribution in [3.8, 4) is 0 Å². The van der Waals surface area contributed by atoms with Crippen molar-refractivity contribution in [2.24, 2.45) is 5.92 Å². The van der Waals surface area contributed by atoms with Crippen LogP contribution in [0.15, 0.2) is 24.3 Å². The molecule has 0 aromatic heterocycles. The number of hydrogen-bond donors (Lipinski definition) is 1. The predicted molar refractivity (Wildman–Crippen MR) is 84.9 cm³/mol. The topological polar surface area (TPSA) is 15.3 Å². The van der Waals surface area contributed by atoms with Crippen LogP contribution in [0.5, 0.6) is 0 Å². The quantitative estimate of drug-likeness (QED) is 0.905. The van der Waals surface area contributed by atoms with E-state index in [1.54, 1.807) is 5.56 Å². The lowest BCUT2D eigenvalue weighted by molar-refractivity contribution is 0.103. The van der Waals surface area contributed by atoms with Crippen LogP contribution in [-0.4, -0.2) is 31.1 Å². The summed E-state index contributed by atoms with van der Waals surface area (Å²) in [5.41, 5.74) is 2.92. The van der Waals surface area contributed by atoms with E-state index in [2.05, 4.69) is 41.4 Å². The highest BCUT2D eigenvalue weighted by Crippen LogP contribution is 2.38. The maximum atomic E-state index is 3.49. The lowest BCUT2D eigenvalue weighted by Crippen LogP contribution is -2.47. The number of nitrogens with zero attached hydrogens (tertiary/aromatic N) is 1. The average molecular weight is 272 g/mol. The summed E-state index contributed by atoms with van der Waals surface area (Å²) in [6.07, 6.45) is 7.14. The number of nitrogens with one attached hydrogen (secondary N) is 1. The van der Waals surface area contributed by atoms with Gasteiger partial charge in [0.25, 0.3) is 0 Å². The molecule has 1 atom stereocenters. The van der Waals surface area contributed by atoms with Gasteiger partial charge in [-0.2, -0.15) is 0 Å². The maximum Gasteiger partial charge on any atom is 0.0377 e. The molecule has 1 saturated heterocycles. The molecular weight excluding hydrogens is 244 g/mol. The van der Waals surface area contributed by atoms with Crippen molar-refractivity contribution < 1.29 is 0 Å². The first kappa shape index (κ1) is 14.1. The van der Waals surface area contributed by atoms with Gasteiger partial charge in [0, 0.05) is 32.2 Å². The van der Waals surface area contributed by atoms with Gasteiger partial charge in [0.2, 0.25) is 0 Å². The summed E-state index contributed by atoms with van der Waals surface area (Å²) in [5.74, 6) is 0.865. The fourth-order valence-corrected chi connectivity index (χ4v) is 3.95. The Labute approximate surface area is 123 Å². The summed E-state index contributed by atoms with van der Waals surface area (Å²) in [6, 6.07) is 9.96. The standard InChI is InChI=1S/C18H28N2/c1-15-7-9-17(10-8-15)18(16-5-3-2-4-6-16)20-13-11-19-12-14-20/h7-10,16,18-19H,2-6,11-14H2,1H3/t18-/m1/s1. The van der Waals surface area contributed by atoms with E-state index in [-0.39, 0.29) is 0 Å². The van der Waals surface area contributed by atoms with Crippen LogP contribution in [0.3, 0.4) is 0 Å². The van der Waals surface area contributed by atoms with Crippen molar-refractivity contribution in [2.75, 3.05) is 26.2 Å². The number of aryl methyl sites for hydroxylation is 1. The Bertz CT molecular complexity index is 382. The summed E-state index contributed by atoms with van der Waals surface area (Å²) in [6.45, 7) is 6.89. The van der Waals surface area contributed by atoms with Crippen LogP contribution in [0.2, 0.25) is 0 Å². The molecule has 1 aliphatic carbocycles. The fraction of sp³-hybridized carbons (Fsp3) is 0.667. The van der Waals surface area contributed by atoms with Crippen LogP contribution in [0.1, 0.15) is 49.3 Å². The number of piperazine rings is 1. The van der Waals surface area contributed by atoms with Crippen molar-refractivity contribution in [1.29, 1.82) is 0 Å². The number of rotatable bonds is 3. The lowest BCUT2D eigenvalue weighted by Gasteiger charge is -2.41. The van der Waals surface area contributed by atoms with E-state index in [1.807, 2.05) is 0 Å². The second-order valence-corrected chi connectivity index (χ2v) is 6.54. The summed E-state index contributed by atoms with van der Waals surface area (Å²) >= 11 is 0. The van der Waals surface area contributed by atoms with Crippen LogP contribution in [0, 0.1) is 12.8 Å². The Kier molecular flexibility index (Phi) is 4.74. The van der Waals surface area contributed by atoms with E-state index in [9.17, 15) is 0 Å². The van der Waals surface area contributed by atoms with E-state index in [0.717, 1.165) is 19.0 Å². The van der Waals surface area contributed by atoms with Gasteiger partial charge in [-0.3, -0.25) is 4.90 Å². The summed E-state index contributed by atoms with van der Waals surface area (Å²) < 4.78 is 0. The van der Waals surface area contributed by atoms with E-state index in [1.165, 1.54) is 50.8 Å². The van der Waals surface area contributed by atoms with Gasteiger partial charge in [0.1, 0.15) is 0 Å². The normalized spacial score (nSPS) is 23.6. The zero-order valence-corrected chi connectivity index (χ0v) is 12.8. The van der Waals surface area contributed by atoms with Gasteiger partial charge in [-0.1, -0.05) is 49.1 Å². The van der Waals surface area contributed by atoms with Crippen molar-refractivity contribution in [3.63, 3.8) is 0 Å². The Morgan fingerprint density at radius 2 is 1.65 bits per heavy atom. The molecule has 1 heterocycles. The molecular formula is C18H28N2. The monoisotopic (exact) mass is 272 g/mol. The van der Waals surface area contributed by atoms with Crippen LogP contribution in [-0.2, 0) is 0 Å². The van der Waals surface area contributed by atoms with Crippen LogP contribution in [0.4, 0.5) is 0 Å². The van der Waals surface area contributed by atoms with E-state index in [4.69, 9.17) is 0 Å². The Morgan fingerprint density at radius 1 is 1.00 bits per heavy atom. The summed E-state index contributed by atoms with van der Waals surface area (Å²) in [4.78, 5) is 2.73. The minimum absolute atomic E-state index is 0.651. The Hall–Kier alpha value is -0.860. The van der Waals surface area contributed by atoms with Crippen LogP contribution < -0.4 is 5.32 Å². The Balaban J connectivity index is 1.83. The first-order valence-corrected chi connectivity index (χ1v) is 8.36. The highest BCUT2D eigenvalue weighted by Gasteiger charge is 2.30. The molecule has 2 nitrogen and oxygen atoms in total. The molecule has 0 bridgehead atoms. The van der Waals surface area contributed by atoms with Crippen molar-refractivity contribution in [2.45, 2.75) is 45.1 Å². The molecule has 3 rings (SSSR count). The highest BCUT2D eigenvalue weighted by atomic mass is 15.2. The summed E-state index contributed by atoms with van der Waals surface area (Å²) in [5, 5.41) is 3.49. The minimum atomic E-state index is 0.651. The van der Waals surface area contributed by atoms with Crippen LogP contribution >= 0.6 is 0 Å². The van der Waals surface area contributed by atoms with E-state index < -0.39 is 0 Å². The van der Waals surface area contributed by atoms with Crippen molar-refractivity contribution >= 4 is 0 Å². The highest BCUT2D eigenvalue weighted by molar-refractivity contribution is 5.25. The van der Waals surface area contributed by atoms with Crippen LogP contribution in [0.25, 0.3) is 0 Å². The molecule has 1 saturated carbocycles. The summed E-state index contributed by atoms with van der Waals surface area (Å²) in [7, 11) is 0. The lowest BCUT2D eigenvalue weighted by atomic mass is 9.80. The molecule has 0 radical (unpaired) electrons. The molecule has 1 N–H and O–H groups in total. The molecule has 2 heteroatoms. The van der Waals surface area contributed by atoms with Gasteiger partial charge in [0.05, 0.1) is 0 Å². The average Bonchev–Trinajstić information content (AvgIpc) is 2.52. The molecule has 20 heavy (non-hydrogen) atoms. The molecule has 0 spiro atoms. The third-order valence-electron chi connectivity index (χ3n) is 5.06. The van der Waals surface area contributed by atoms with Crippen molar-refractivity contribution in [1.82, 2.24) is 10.2 Å². The molecule has 1 aliphatic heterocycles. The smallest absolute Gasteiger partial charge is 0.0377 e. The number of benzene rings is 1. The molecule has 2 fully saturated rings. The molecule has 0 unspecified atom stereocenters. The molecule has 1 aromatic rings. The number of hydrogen-bond acceptors (Lipinski definition) is 2. The molecule has 2 aliphatic rings. The SMILES string of the molecule is Cc1ccc([C@@H](C2CCCCC2)N2CCNCC2)cc1. The fourth-order valence-electron chi connectivity index (χ4n) is 3.95. The minimum Gasteiger partial charge on any atom is -0.314 e. The van der Waals surface area contributed by atoms with Gasteiger partial charge in [-0.15, -0.1) is 0 Å².